The van der Waals surface area contributed by atoms with Crippen LogP contribution >= 0.6 is 11.6 Å². The van der Waals surface area contributed by atoms with Gasteiger partial charge in [0.25, 0.3) is 5.91 Å². The van der Waals surface area contributed by atoms with E-state index in [0.29, 0.717) is 10.6 Å². The number of carbonyl (C=O) groups is 1. The summed E-state index contributed by atoms with van der Waals surface area (Å²) in [6.07, 6.45) is 4.64. The van der Waals surface area contributed by atoms with Gasteiger partial charge in [-0.1, -0.05) is 24.4 Å². The molecule has 2 unspecified atom stereocenters. The van der Waals surface area contributed by atoms with Crippen LogP contribution in [0.5, 0.6) is 0 Å². The van der Waals surface area contributed by atoms with Crippen LogP contribution < -0.4 is 5.32 Å². The molecule has 1 fully saturated rings. The number of benzene rings is 1. The second-order valence-electron chi connectivity index (χ2n) is 5.70. The molecule has 1 N–H and O–H groups in total. The molecule has 0 saturated heterocycles. The van der Waals surface area contributed by atoms with Crippen molar-refractivity contribution in [1.82, 2.24) is 4.90 Å². The van der Waals surface area contributed by atoms with E-state index in [0.717, 1.165) is 18.5 Å². The van der Waals surface area contributed by atoms with Gasteiger partial charge in [-0.2, -0.15) is 0 Å². The Balaban J connectivity index is 2.25. The molecule has 0 radical (unpaired) electrons. The molecule has 0 bridgehead atoms. The van der Waals surface area contributed by atoms with Gasteiger partial charge in [0, 0.05) is 31.9 Å². The lowest BCUT2D eigenvalue weighted by Gasteiger charge is -2.32. The summed E-state index contributed by atoms with van der Waals surface area (Å²) in [5, 5.41) is 4.09. The van der Waals surface area contributed by atoms with Crippen molar-refractivity contribution in [1.29, 1.82) is 0 Å². The van der Waals surface area contributed by atoms with Crippen LogP contribution in [0.15, 0.2) is 18.2 Å². The Hall–Kier alpha value is -1.26. The van der Waals surface area contributed by atoms with Gasteiger partial charge >= 0.3 is 0 Å². The molecule has 1 aliphatic carbocycles. The SMILES string of the molecule is COC1CCCCC1Nc1cc(Cl)ccc1C(=O)N(C)C. The normalized spacial score (nSPS) is 21.9. The van der Waals surface area contributed by atoms with Crippen LogP contribution in [0.25, 0.3) is 0 Å². The molecule has 0 aliphatic heterocycles. The van der Waals surface area contributed by atoms with E-state index < -0.39 is 0 Å². The minimum atomic E-state index is -0.0288. The number of hydrogen-bond acceptors (Lipinski definition) is 3. The zero-order valence-corrected chi connectivity index (χ0v) is 13.6. The van der Waals surface area contributed by atoms with Crippen molar-refractivity contribution in [3.05, 3.63) is 28.8 Å². The first-order valence-electron chi connectivity index (χ1n) is 7.33. The van der Waals surface area contributed by atoms with Gasteiger partial charge in [0.2, 0.25) is 0 Å². The van der Waals surface area contributed by atoms with Crippen LogP contribution in [0.4, 0.5) is 5.69 Å². The molecule has 1 aromatic rings. The highest BCUT2D eigenvalue weighted by Gasteiger charge is 2.26. The van der Waals surface area contributed by atoms with Gasteiger partial charge in [0.15, 0.2) is 0 Å². The molecule has 0 aromatic heterocycles. The smallest absolute Gasteiger partial charge is 0.255 e. The standard InChI is InChI=1S/C16H23ClN2O2/c1-19(2)16(20)12-9-8-11(17)10-14(12)18-13-6-4-5-7-15(13)21-3/h8-10,13,15,18H,4-7H2,1-3H3. The van der Waals surface area contributed by atoms with E-state index in [1.54, 1.807) is 38.2 Å². The molecule has 0 heterocycles. The van der Waals surface area contributed by atoms with Gasteiger partial charge in [-0.05, 0) is 31.0 Å². The molecular weight excluding hydrogens is 288 g/mol. The predicted octanol–water partition coefficient (Wildman–Crippen LogP) is 3.41. The highest BCUT2D eigenvalue weighted by atomic mass is 35.5. The van der Waals surface area contributed by atoms with Crippen molar-refractivity contribution >= 4 is 23.2 Å². The first-order chi connectivity index (χ1) is 10.0. The number of ether oxygens (including phenoxy) is 1. The van der Waals surface area contributed by atoms with Gasteiger partial charge in [-0.15, -0.1) is 0 Å². The number of nitrogens with zero attached hydrogens (tertiary/aromatic N) is 1. The van der Waals surface area contributed by atoms with Crippen LogP contribution in [0, 0.1) is 0 Å². The molecule has 1 aliphatic rings. The number of nitrogens with one attached hydrogen (secondary N) is 1. The van der Waals surface area contributed by atoms with E-state index in [1.807, 2.05) is 6.07 Å². The lowest BCUT2D eigenvalue weighted by atomic mass is 9.92. The third kappa shape index (κ3) is 3.89. The summed E-state index contributed by atoms with van der Waals surface area (Å²) in [6.45, 7) is 0. The fraction of sp³-hybridized carbons (Fsp3) is 0.562. The molecule has 1 amide bonds. The third-order valence-electron chi connectivity index (χ3n) is 3.96. The molecule has 2 atom stereocenters. The number of methoxy groups -OCH3 is 1. The molecule has 0 spiro atoms. The number of halogens is 1. The molecule has 2 rings (SSSR count). The summed E-state index contributed by atoms with van der Waals surface area (Å²) in [5.41, 5.74) is 1.43. The predicted molar refractivity (Wildman–Crippen MR) is 86.1 cm³/mol. The van der Waals surface area contributed by atoms with Gasteiger partial charge in [-0.25, -0.2) is 0 Å². The molecule has 116 valence electrons. The Labute approximate surface area is 131 Å². The second kappa shape index (κ2) is 7.14. The Bertz CT molecular complexity index is 505. The Morgan fingerprint density at radius 1 is 1.33 bits per heavy atom. The van der Waals surface area contributed by atoms with E-state index in [1.165, 1.54) is 12.8 Å². The summed E-state index contributed by atoms with van der Waals surface area (Å²) >= 11 is 6.09. The Kier molecular flexibility index (Phi) is 5.48. The number of amides is 1. The summed E-state index contributed by atoms with van der Waals surface area (Å²) in [7, 11) is 5.24. The van der Waals surface area contributed by atoms with Gasteiger partial charge in [0.05, 0.1) is 17.7 Å². The lowest BCUT2D eigenvalue weighted by molar-refractivity contribution is 0.0605. The first-order valence-corrected chi connectivity index (χ1v) is 7.71. The van der Waals surface area contributed by atoms with Crippen LogP contribution in [0.1, 0.15) is 36.0 Å². The van der Waals surface area contributed by atoms with Crippen LogP contribution in [-0.4, -0.2) is 44.2 Å². The first kappa shape index (κ1) is 16.1. The van der Waals surface area contributed by atoms with Gasteiger partial charge in [-0.3, -0.25) is 4.79 Å². The molecule has 1 saturated carbocycles. The van der Waals surface area contributed by atoms with E-state index in [-0.39, 0.29) is 18.1 Å². The van der Waals surface area contributed by atoms with Crippen LogP contribution in [-0.2, 0) is 4.74 Å². The fourth-order valence-corrected chi connectivity index (χ4v) is 2.98. The largest absolute Gasteiger partial charge is 0.379 e. The van der Waals surface area contributed by atoms with E-state index in [2.05, 4.69) is 5.32 Å². The summed E-state index contributed by atoms with van der Waals surface area (Å²) in [5.74, 6) is -0.0288. The van der Waals surface area contributed by atoms with Crippen LogP contribution in [0.2, 0.25) is 5.02 Å². The molecule has 4 nitrogen and oxygen atoms in total. The minimum Gasteiger partial charge on any atom is -0.379 e. The van der Waals surface area contributed by atoms with Crippen molar-refractivity contribution in [2.45, 2.75) is 37.8 Å². The van der Waals surface area contributed by atoms with Gasteiger partial charge < -0.3 is 15.0 Å². The summed E-state index contributed by atoms with van der Waals surface area (Å²) in [4.78, 5) is 13.9. The summed E-state index contributed by atoms with van der Waals surface area (Å²) < 4.78 is 5.56. The van der Waals surface area contributed by atoms with Crippen molar-refractivity contribution in [3.8, 4) is 0 Å². The van der Waals surface area contributed by atoms with Crippen LogP contribution in [0.3, 0.4) is 0 Å². The number of hydrogen-bond donors (Lipinski definition) is 1. The Morgan fingerprint density at radius 2 is 2.05 bits per heavy atom. The van der Waals surface area contributed by atoms with E-state index in [4.69, 9.17) is 16.3 Å². The monoisotopic (exact) mass is 310 g/mol. The zero-order valence-electron chi connectivity index (χ0n) is 12.9. The van der Waals surface area contributed by atoms with E-state index >= 15 is 0 Å². The maximum Gasteiger partial charge on any atom is 0.255 e. The summed E-state index contributed by atoms with van der Waals surface area (Å²) in [6, 6.07) is 5.56. The highest BCUT2D eigenvalue weighted by molar-refractivity contribution is 6.31. The van der Waals surface area contributed by atoms with Crippen molar-refractivity contribution in [2.75, 3.05) is 26.5 Å². The number of anilines is 1. The molecule has 21 heavy (non-hydrogen) atoms. The maximum atomic E-state index is 12.3. The maximum absolute atomic E-state index is 12.3. The Morgan fingerprint density at radius 3 is 2.71 bits per heavy atom. The van der Waals surface area contributed by atoms with Crippen molar-refractivity contribution < 1.29 is 9.53 Å². The zero-order chi connectivity index (χ0) is 15.4. The second-order valence-corrected chi connectivity index (χ2v) is 6.14. The molecule has 1 aromatic carbocycles. The van der Waals surface area contributed by atoms with Crippen molar-refractivity contribution in [2.24, 2.45) is 0 Å². The average Bonchev–Trinajstić information content (AvgIpc) is 2.47. The lowest BCUT2D eigenvalue weighted by Crippen LogP contribution is -2.38. The fourth-order valence-electron chi connectivity index (χ4n) is 2.81. The third-order valence-corrected chi connectivity index (χ3v) is 4.20. The average molecular weight is 311 g/mol. The topological polar surface area (TPSA) is 41.6 Å². The quantitative estimate of drug-likeness (QED) is 0.926. The van der Waals surface area contributed by atoms with Gasteiger partial charge in [0.1, 0.15) is 0 Å². The number of carbonyl (C=O) groups excluding carboxylic acids is 1. The molecule has 5 heteroatoms. The highest BCUT2D eigenvalue weighted by Crippen LogP contribution is 2.28. The van der Waals surface area contributed by atoms with E-state index in [9.17, 15) is 4.79 Å². The number of rotatable bonds is 4. The van der Waals surface area contributed by atoms with Crippen molar-refractivity contribution in [3.63, 3.8) is 0 Å². The minimum absolute atomic E-state index is 0.0288. The molecular formula is C16H23ClN2O2.